The fourth-order valence-corrected chi connectivity index (χ4v) is 2.43. The number of benzene rings is 2. The minimum absolute atomic E-state index is 0.167. The standard InChI is InChI=1S/C17H15N3O2/c18-17(22)13-6-2-3-7-14(13)19-16(21)11-20-10-9-12-5-1-4-8-15(12)20/h1-10H,11H2,(H2,18,22)(H,19,21). The van der Waals surface area contributed by atoms with E-state index in [0.29, 0.717) is 11.3 Å². The summed E-state index contributed by atoms with van der Waals surface area (Å²) in [5.74, 6) is -0.780. The molecule has 0 saturated heterocycles. The fraction of sp³-hybridized carbons (Fsp3) is 0.0588. The van der Waals surface area contributed by atoms with Gasteiger partial charge in [-0.05, 0) is 29.7 Å². The van der Waals surface area contributed by atoms with Gasteiger partial charge in [-0.3, -0.25) is 9.59 Å². The van der Waals surface area contributed by atoms with Crippen LogP contribution in [0.25, 0.3) is 10.9 Å². The van der Waals surface area contributed by atoms with Crippen molar-refractivity contribution in [1.82, 2.24) is 4.57 Å². The molecule has 2 aromatic carbocycles. The maximum Gasteiger partial charge on any atom is 0.250 e. The van der Waals surface area contributed by atoms with Gasteiger partial charge in [-0.15, -0.1) is 0 Å². The van der Waals surface area contributed by atoms with Gasteiger partial charge in [-0.1, -0.05) is 30.3 Å². The first kappa shape index (κ1) is 13.9. The number of aromatic nitrogens is 1. The van der Waals surface area contributed by atoms with Gasteiger partial charge < -0.3 is 15.6 Å². The number of para-hydroxylation sites is 2. The van der Waals surface area contributed by atoms with E-state index in [9.17, 15) is 9.59 Å². The van der Waals surface area contributed by atoms with Crippen molar-refractivity contribution >= 4 is 28.4 Å². The van der Waals surface area contributed by atoms with Crippen molar-refractivity contribution in [2.24, 2.45) is 5.73 Å². The van der Waals surface area contributed by atoms with Crippen LogP contribution in [0.1, 0.15) is 10.4 Å². The van der Waals surface area contributed by atoms with Crippen molar-refractivity contribution in [3.05, 3.63) is 66.4 Å². The van der Waals surface area contributed by atoms with Gasteiger partial charge in [-0.2, -0.15) is 0 Å². The Kier molecular flexibility index (Phi) is 3.62. The molecule has 1 aromatic heterocycles. The number of hydrogen-bond donors (Lipinski definition) is 2. The number of anilines is 1. The lowest BCUT2D eigenvalue weighted by Gasteiger charge is -2.10. The molecule has 0 fully saturated rings. The van der Waals surface area contributed by atoms with Gasteiger partial charge in [0.25, 0.3) is 5.91 Å². The fourth-order valence-electron chi connectivity index (χ4n) is 2.43. The average Bonchev–Trinajstić information content (AvgIpc) is 2.91. The van der Waals surface area contributed by atoms with Crippen molar-refractivity contribution in [2.45, 2.75) is 6.54 Å². The van der Waals surface area contributed by atoms with E-state index in [2.05, 4.69) is 5.32 Å². The van der Waals surface area contributed by atoms with Crippen LogP contribution in [0.4, 0.5) is 5.69 Å². The van der Waals surface area contributed by atoms with Crippen LogP contribution in [0, 0.1) is 0 Å². The van der Waals surface area contributed by atoms with Gasteiger partial charge in [0.15, 0.2) is 0 Å². The monoisotopic (exact) mass is 293 g/mol. The van der Waals surface area contributed by atoms with E-state index in [4.69, 9.17) is 5.73 Å². The third kappa shape index (κ3) is 2.69. The van der Waals surface area contributed by atoms with Crippen molar-refractivity contribution in [1.29, 1.82) is 0 Å². The van der Waals surface area contributed by atoms with E-state index >= 15 is 0 Å². The smallest absolute Gasteiger partial charge is 0.250 e. The van der Waals surface area contributed by atoms with Gasteiger partial charge in [0.2, 0.25) is 5.91 Å². The predicted octanol–water partition coefficient (Wildman–Crippen LogP) is 2.38. The third-order valence-corrected chi connectivity index (χ3v) is 3.46. The Balaban J connectivity index is 1.80. The number of nitrogens with two attached hydrogens (primary N) is 1. The quantitative estimate of drug-likeness (QED) is 0.774. The predicted molar refractivity (Wildman–Crippen MR) is 85.5 cm³/mol. The van der Waals surface area contributed by atoms with Gasteiger partial charge >= 0.3 is 0 Å². The molecule has 110 valence electrons. The second-order valence-corrected chi connectivity index (χ2v) is 4.96. The molecule has 0 radical (unpaired) electrons. The summed E-state index contributed by atoms with van der Waals surface area (Å²) in [6.07, 6.45) is 1.87. The highest BCUT2D eigenvalue weighted by molar-refractivity contribution is 6.03. The molecule has 0 aliphatic heterocycles. The van der Waals surface area contributed by atoms with E-state index in [1.165, 1.54) is 0 Å². The number of primary amides is 1. The van der Waals surface area contributed by atoms with E-state index in [-0.39, 0.29) is 12.5 Å². The lowest BCUT2D eigenvalue weighted by atomic mass is 10.1. The molecule has 0 unspecified atom stereocenters. The Hall–Kier alpha value is -3.08. The van der Waals surface area contributed by atoms with Crippen LogP contribution in [0.3, 0.4) is 0 Å². The Labute approximate surface area is 127 Å². The van der Waals surface area contributed by atoms with Crippen molar-refractivity contribution in [3.8, 4) is 0 Å². The largest absolute Gasteiger partial charge is 0.366 e. The zero-order valence-electron chi connectivity index (χ0n) is 11.8. The number of amides is 2. The molecular weight excluding hydrogens is 278 g/mol. The summed E-state index contributed by atoms with van der Waals surface area (Å²) >= 11 is 0. The molecule has 22 heavy (non-hydrogen) atoms. The first-order valence-corrected chi connectivity index (χ1v) is 6.88. The topological polar surface area (TPSA) is 77.1 Å². The third-order valence-electron chi connectivity index (χ3n) is 3.46. The number of carbonyl (C=O) groups excluding carboxylic acids is 2. The first-order chi connectivity index (χ1) is 10.6. The lowest BCUT2D eigenvalue weighted by Crippen LogP contribution is -2.21. The molecule has 2 amide bonds. The van der Waals surface area contributed by atoms with Crippen molar-refractivity contribution < 1.29 is 9.59 Å². The van der Waals surface area contributed by atoms with E-state index in [0.717, 1.165) is 10.9 Å². The molecule has 3 aromatic rings. The summed E-state index contributed by atoms with van der Waals surface area (Å²) in [5.41, 5.74) is 7.02. The van der Waals surface area contributed by atoms with Crippen LogP contribution in [0.15, 0.2) is 60.8 Å². The molecule has 5 heteroatoms. The van der Waals surface area contributed by atoms with Gasteiger partial charge in [0.05, 0.1) is 11.3 Å². The molecule has 0 atom stereocenters. The highest BCUT2D eigenvalue weighted by atomic mass is 16.2. The Morgan fingerprint density at radius 3 is 2.55 bits per heavy atom. The number of nitrogens with one attached hydrogen (secondary N) is 1. The summed E-state index contributed by atoms with van der Waals surface area (Å²) in [6, 6.07) is 16.5. The average molecular weight is 293 g/mol. The van der Waals surface area contributed by atoms with Crippen LogP contribution in [0.5, 0.6) is 0 Å². The lowest BCUT2D eigenvalue weighted by molar-refractivity contribution is -0.116. The molecule has 3 N–H and O–H groups in total. The van der Waals surface area contributed by atoms with Crippen molar-refractivity contribution in [3.63, 3.8) is 0 Å². The molecule has 0 aliphatic carbocycles. The Morgan fingerprint density at radius 2 is 1.73 bits per heavy atom. The molecule has 1 heterocycles. The van der Waals surface area contributed by atoms with Crippen LogP contribution in [-0.2, 0) is 11.3 Å². The minimum atomic E-state index is -0.567. The number of carbonyl (C=O) groups is 2. The summed E-state index contributed by atoms with van der Waals surface area (Å²) in [4.78, 5) is 23.6. The van der Waals surface area contributed by atoms with E-state index in [1.807, 2.05) is 41.1 Å². The summed E-state index contributed by atoms with van der Waals surface area (Å²) in [5, 5.41) is 3.81. The maximum absolute atomic E-state index is 12.2. The van der Waals surface area contributed by atoms with Crippen LogP contribution >= 0.6 is 0 Å². The van der Waals surface area contributed by atoms with Crippen LogP contribution < -0.4 is 11.1 Å². The molecule has 0 saturated carbocycles. The zero-order valence-corrected chi connectivity index (χ0v) is 11.8. The van der Waals surface area contributed by atoms with Gasteiger partial charge in [0, 0.05) is 11.7 Å². The molecule has 0 bridgehead atoms. The Bertz CT molecular complexity index is 852. The second-order valence-electron chi connectivity index (χ2n) is 4.96. The number of fused-ring (bicyclic) bond motifs is 1. The summed E-state index contributed by atoms with van der Waals surface area (Å²) in [7, 11) is 0. The number of rotatable bonds is 4. The van der Waals surface area contributed by atoms with Crippen LogP contribution in [-0.4, -0.2) is 16.4 Å². The highest BCUT2D eigenvalue weighted by Crippen LogP contribution is 2.17. The zero-order chi connectivity index (χ0) is 15.5. The molecule has 0 aliphatic rings. The second kappa shape index (κ2) is 5.73. The number of hydrogen-bond acceptors (Lipinski definition) is 2. The Morgan fingerprint density at radius 1 is 1.00 bits per heavy atom. The van der Waals surface area contributed by atoms with Gasteiger partial charge in [-0.25, -0.2) is 0 Å². The first-order valence-electron chi connectivity index (χ1n) is 6.88. The van der Waals surface area contributed by atoms with Crippen molar-refractivity contribution in [2.75, 3.05) is 5.32 Å². The van der Waals surface area contributed by atoms with Gasteiger partial charge in [0.1, 0.15) is 6.54 Å². The number of nitrogens with zero attached hydrogens (tertiary/aromatic N) is 1. The normalized spacial score (nSPS) is 10.5. The van der Waals surface area contributed by atoms with E-state index in [1.54, 1.807) is 24.3 Å². The summed E-state index contributed by atoms with van der Waals surface area (Å²) < 4.78 is 1.86. The molecular formula is C17H15N3O2. The maximum atomic E-state index is 12.2. The summed E-state index contributed by atoms with van der Waals surface area (Å²) in [6.45, 7) is 0.167. The molecule has 3 rings (SSSR count). The minimum Gasteiger partial charge on any atom is -0.366 e. The van der Waals surface area contributed by atoms with E-state index < -0.39 is 5.91 Å². The molecule has 5 nitrogen and oxygen atoms in total. The molecule has 0 spiro atoms. The van der Waals surface area contributed by atoms with Crippen LogP contribution in [0.2, 0.25) is 0 Å². The highest BCUT2D eigenvalue weighted by Gasteiger charge is 2.11. The SMILES string of the molecule is NC(=O)c1ccccc1NC(=O)Cn1ccc2ccccc21.